The van der Waals surface area contributed by atoms with Crippen molar-refractivity contribution >= 4 is 32.6 Å². The Hall–Kier alpha value is -2.35. The van der Waals surface area contributed by atoms with Gasteiger partial charge in [-0.05, 0) is 47.6 Å². The van der Waals surface area contributed by atoms with Crippen LogP contribution >= 0.6 is 0 Å². The number of aromatic nitrogens is 1. The molecule has 0 saturated carbocycles. The van der Waals surface area contributed by atoms with Crippen molar-refractivity contribution in [3.8, 4) is 0 Å². The van der Waals surface area contributed by atoms with E-state index >= 15 is 0 Å². The van der Waals surface area contributed by atoms with E-state index in [1.165, 1.54) is 11.1 Å². The largest absolute Gasteiger partial charge is 0.342 e. The molecule has 0 saturated heterocycles. The highest BCUT2D eigenvalue weighted by Gasteiger charge is 2.27. The molecule has 0 bridgehead atoms. The van der Waals surface area contributed by atoms with Gasteiger partial charge in [0.25, 0.3) is 0 Å². The second kappa shape index (κ2) is 9.64. The summed E-state index contributed by atoms with van der Waals surface area (Å²) in [4.78, 5) is 28.7. The van der Waals surface area contributed by atoms with Crippen molar-refractivity contribution in [2.75, 3.05) is 18.8 Å². The number of sulfone groups is 1. The van der Waals surface area contributed by atoms with E-state index < -0.39 is 21.5 Å². The molecule has 0 aliphatic carbocycles. The Labute approximate surface area is 179 Å². The fraction of sp³-hybridized carbons (Fsp3) is 0.545. The SMILES string of the molecule is CCN(CC)C(=O)CS(=O)(=O)c1cn(CC(=O)N(C(C)C)C(C)C)c2ccccc12. The summed E-state index contributed by atoms with van der Waals surface area (Å²) in [7, 11) is -3.86. The molecule has 1 aromatic carbocycles. The van der Waals surface area contributed by atoms with Crippen molar-refractivity contribution in [1.29, 1.82) is 0 Å². The van der Waals surface area contributed by atoms with Crippen LogP contribution in [0.15, 0.2) is 35.4 Å². The van der Waals surface area contributed by atoms with E-state index in [-0.39, 0.29) is 29.4 Å². The van der Waals surface area contributed by atoms with E-state index in [0.717, 1.165) is 0 Å². The molecule has 0 aliphatic rings. The van der Waals surface area contributed by atoms with Crippen molar-refractivity contribution in [3.63, 3.8) is 0 Å². The molecular weight excluding hydrogens is 402 g/mol. The van der Waals surface area contributed by atoms with Gasteiger partial charge in [0.15, 0.2) is 9.84 Å². The maximum Gasteiger partial charge on any atom is 0.242 e. The quantitative estimate of drug-likeness (QED) is 0.607. The van der Waals surface area contributed by atoms with Crippen LogP contribution in [-0.4, -0.2) is 65.5 Å². The van der Waals surface area contributed by atoms with Gasteiger partial charge in [0.2, 0.25) is 11.8 Å². The molecule has 0 radical (unpaired) electrons. The van der Waals surface area contributed by atoms with E-state index in [1.807, 2.05) is 47.6 Å². The summed E-state index contributed by atoms with van der Waals surface area (Å²) in [6, 6.07) is 7.15. The third-order valence-electron chi connectivity index (χ3n) is 5.22. The molecule has 8 heteroatoms. The number of fused-ring (bicyclic) bond motifs is 1. The van der Waals surface area contributed by atoms with Crippen LogP contribution in [0.4, 0.5) is 0 Å². The molecule has 2 aromatic rings. The summed E-state index contributed by atoms with van der Waals surface area (Å²) < 4.78 is 27.8. The first-order chi connectivity index (χ1) is 14.0. The van der Waals surface area contributed by atoms with Crippen LogP contribution in [0.2, 0.25) is 0 Å². The monoisotopic (exact) mass is 435 g/mol. The summed E-state index contributed by atoms with van der Waals surface area (Å²) in [6.45, 7) is 12.4. The lowest BCUT2D eigenvalue weighted by molar-refractivity contribution is -0.135. The predicted octanol–water partition coefficient (Wildman–Crippen LogP) is 2.93. The third-order valence-corrected chi connectivity index (χ3v) is 6.85. The van der Waals surface area contributed by atoms with Crippen LogP contribution in [0.5, 0.6) is 0 Å². The van der Waals surface area contributed by atoms with Gasteiger partial charge >= 0.3 is 0 Å². The molecule has 0 spiro atoms. The van der Waals surface area contributed by atoms with Gasteiger partial charge in [0, 0.05) is 42.3 Å². The van der Waals surface area contributed by atoms with Crippen LogP contribution < -0.4 is 0 Å². The predicted molar refractivity (Wildman–Crippen MR) is 119 cm³/mol. The molecule has 0 N–H and O–H groups in total. The molecule has 0 aliphatic heterocycles. The van der Waals surface area contributed by atoms with Crippen molar-refractivity contribution in [1.82, 2.24) is 14.4 Å². The van der Waals surface area contributed by atoms with E-state index in [4.69, 9.17) is 0 Å². The fourth-order valence-corrected chi connectivity index (χ4v) is 5.36. The third kappa shape index (κ3) is 5.03. The van der Waals surface area contributed by atoms with Gasteiger partial charge in [-0.2, -0.15) is 0 Å². The number of rotatable bonds is 9. The normalized spacial score (nSPS) is 12.0. The maximum atomic E-state index is 13.1. The number of hydrogen-bond donors (Lipinski definition) is 0. The standard InChI is InChI=1S/C22H33N3O4S/c1-7-23(8-2)22(27)15-30(28,29)20-13-24(19-12-10-9-11-18(19)20)14-21(26)25(16(3)4)17(5)6/h9-13,16-17H,7-8,14-15H2,1-6H3. The van der Waals surface area contributed by atoms with Crippen LogP contribution in [0.25, 0.3) is 10.9 Å². The molecule has 0 atom stereocenters. The van der Waals surface area contributed by atoms with Crippen LogP contribution in [-0.2, 0) is 26.0 Å². The van der Waals surface area contributed by atoms with Crippen molar-refractivity contribution in [2.45, 2.75) is 65.1 Å². The number of hydrogen-bond acceptors (Lipinski definition) is 4. The number of carbonyl (C=O) groups excluding carboxylic acids is 2. The number of nitrogens with zero attached hydrogens (tertiary/aromatic N) is 3. The Kier molecular flexibility index (Phi) is 7.69. The molecule has 0 fully saturated rings. The average Bonchev–Trinajstić information content (AvgIpc) is 3.01. The maximum absolute atomic E-state index is 13.1. The zero-order valence-electron chi connectivity index (χ0n) is 18.8. The lowest BCUT2D eigenvalue weighted by Crippen LogP contribution is -2.43. The highest BCUT2D eigenvalue weighted by atomic mass is 32.2. The summed E-state index contributed by atoms with van der Waals surface area (Å²) in [5.74, 6) is -1.08. The molecule has 1 aromatic heterocycles. The molecule has 166 valence electrons. The van der Waals surface area contributed by atoms with E-state index in [9.17, 15) is 18.0 Å². The van der Waals surface area contributed by atoms with Crippen LogP contribution in [0.3, 0.4) is 0 Å². The molecular formula is C22H33N3O4S. The highest BCUT2D eigenvalue weighted by molar-refractivity contribution is 7.92. The van der Waals surface area contributed by atoms with Crippen LogP contribution in [0, 0.1) is 0 Å². The van der Waals surface area contributed by atoms with Crippen molar-refractivity contribution < 1.29 is 18.0 Å². The van der Waals surface area contributed by atoms with Gasteiger partial charge in [0.05, 0.1) is 4.90 Å². The Morgan fingerprint density at radius 1 is 0.967 bits per heavy atom. The van der Waals surface area contributed by atoms with Gasteiger partial charge < -0.3 is 14.4 Å². The average molecular weight is 436 g/mol. The van der Waals surface area contributed by atoms with E-state index in [1.54, 1.807) is 27.7 Å². The van der Waals surface area contributed by atoms with Gasteiger partial charge in [-0.3, -0.25) is 9.59 Å². The van der Waals surface area contributed by atoms with Gasteiger partial charge in [-0.1, -0.05) is 18.2 Å². The first-order valence-corrected chi connectivity index (χ1v) is 12.1. The first kappa shape index (κ1) is 23.9. The minimum absolute atomic E-state index is 0.0363. The second-order valence-electron chi connectivity index (χ2n) is 7.95. The topological polar surface area (TPSA) is 79.7 Å². The Balaban J connectivity index is 2.45. The molecule has 7 nitrogen and oxygen atoms in total. The van der Waals surface area contributed by atoms with Gasteiger partial charge in [-0.25, -0.2) is 8.42 Å². The molecule has 2 amide bonds. The summed E-state index contributed by atoms with van der Waals surface area (Å²) in [5, 5.41) is 0.526. The minimum atomic E-state index is -3.86. The number of para-hydroxylation sites is 1. The van der Waals surface area contributed by atoms with E-state index in [0.29, 0.717) is 24.0 Å². The molecule has 30 heavy (non-hydrogen) atoms. The van der Waals surface area contributed by atoms with Crippen molar-refractivity contribution in [2.24, 2.45) is 0 Å². The number of benzene rings is 1. The second-order valence-corrected chi connectivity index (χ2v) is 9.91. The Morgan fingerprint density at radius 3 is 2.07 bits per heavy atom. The lowest BCUT2D eigenvalue weighted by atomic mass is 10.2. The molecule has 2 rings (SSSR count). The summed E-state index contributed by atoms with van der Waals surface area (Å²) in [6.07, 6.45) is 1.49. The smallest absolute Gasteiger partial charge is 0.242 e. The van der Waals surface area contributed by atoms with Gasteiger partial charge in [-0.15, -0.1) is 0 Å². The summed E-state index contributed by atoms with van der Waals surface area (Å²) in [5.41, 5.74) is 0.659. The number of amides is 2. The molecule has 0 unspecified atom stereocenters. The Morgan fingerprint density at radius 2 is 1.53 bits per heavy atom. The van der Waals surface area contributed by atoms with Crippen LogP contribution in [0.1, 0.15) is 41.5 Å². The van der Waals surface area contributed by atoms with Gasteiger partial charge in [0.1, 0.15) is 12.3 Å². The zero-order valence-corrected chi connectivity index (χ0v) is 19.6. The highest BCUT2D eigenvalue weighted by Crippen LogP contribution is 2.27. The van der Waals surface area contributed by atoms with E-state index in [2.05, 4.69) is 0 Å². The number of carbonyl (C=O) groups is 2. The molecule has 1 heterocycles. The first-order valence-electron chi connectivity index (χ1n) is 10.4. The minimum Gasteiger partial charge on any atom is -0.342 e. The lowest BCUT2D eigenvalue weighted by Gasteiger charge is -2.31. The zero-order chi connectivity index (χ0) is 22.6. The van der Waals surface area contributed by atoms with Crippen molar-refractivity contribution in [3.05, 3.63) is 30.5 Å². The summed E-state index contributed by atoms with van der Waals surface area (Å²) >= 11 is 0. The Bertz CT molecular complexity index is 997. The fourth-order valence-electron chi connectivity index (χ4n) is 3.90.